The molecule has 0 amide bonds. The molecule has 218 valence electrons. The second kappa shape index (κ2) is 10.5. The summed E-state index contributed by atoms with van der Waals surface area (Å²) in [4.78, 5) is -1.76. The van der Waals surface area contributed by atoms with Gasteiger partial charge in [0.25, 0.3) is 20.0 Å². The van der Waals surface area contributed by atoms with Gasteiger partial charge < -0.3 is 5.11 Å². The Morgan fingerprint density at radius 1 is 0.634 bits per heavy atom. The average molecular weight is 659 g/mol. The topological polar surface area (TPSA) is 113 Å². The summed E-state index contributed by atoms with van der Waals surface area (Å²) in [5.41, 5.74) is -4.76. The molecule has 41 heavy (non-hydrogen) atoms. The van der Waals surface area contributed by atoms with Crippen molar-refractivity contribution in [1.29, 1.82) is 0 Å². The third kappa shape index (κ3) is 6.58. The summed E-state index contributed by atoms with van der Waals surface area (Å²) in [5.74, 6) is -0.471. The van der Waals surface area contributed by atoms with Crippen molar-refractivity contribution in [3.05, 3.63) is 87.9 Å². The predicted octanol–water partition coefficient (Wildman–Crippen LogP) is 7.49. The molecule has 0 bridgehead atoms. The quantitative estimate of drug-likeness (QED) is 0.186. The summed E-state index contributed by atoms with van der Waals surface area (Å²) in [7, 11) is -9.99. The van der Waals surface area contributed by atoms with E-state index in [2.05, 4.69) is 0 Å². The summed E-state index contributed by atoms with van der Waals surface area (Å²) >= 11 is 11.3. The van der Waals surface area contributed by atoms with Gasteiger partial charge in [0, 0.05) is 15.4 Å². The number of hydrogen-bond donors (Lipinski definition) is 3. The Bertz CT molecular complexity index is 1900. The van der Waals surface area contributed by atoms with Gasteiger partial charge in [-0.3, -0.25) is 9.44 Å². The van der Waals surface area contributed by atoms with Crippen LogP contribution in [0.2, 0.25) is 10.0 Å². The molecule has 0 spiro atoms. The summed E-state index contributed by atoms with van der Waals surface area (Å²) in [6, 6.07) is 8.93. The highest BCUT2D eigenvalue weighted by Crippen LogP contribution is 2.40. The maximum absolute atomic E-state index is 13.6. The van der Waals surface area contributed by atoms with Crippen LogP contribution in [0.15, 0.2) is 76.5 Å². The minimum atomic E-state index is -5.05. The Morgan fingerprint density at radius 2 is 1.12 bits per heavy atom. The molecule has 0 aliphatic carbocycles. The number of sulfonamides is 2. The molecule has 0 unspecified atom stereocenters. The van der Waals surface area contributed by atoms with Gasteiger partial charge in [0.15, 0.2) is 0 Å². The van der Waals surface area contributed by atoms with Gasteiger partial charge in [-0.25, -0.2) is 16.8 Å². The molecule has 3 N–H and O–H groups in total. The maximum atomic E-state index is 13.6. The number of alkyl halides is 6. The lowest BCUT2D eigenvalue weighted by Gasteiger charge is -2.18. The first-order chi connectivity index (χ1) is 18.8. The number of nitrogens with one attached hydrogen (secondary N) is 2. The number of phenols is 1. The highest BCUT2D eigenvalue weighted by molar-refractivity contribution is 7.93. The van der Waals surface area contributed by atoms with Gasteiger partial charge in [-0.15, -0.1) is 0 Å². The number of hydrogen-bond acceptors (Lipinski definition) is 5. The molecule has 0 saturated heterocycles. The SMILES string of the molecule is O=S(=O)(Nc1ccc(Cl)cc1C(F)(F)F)c1cc(S(=O)(=O)Nc2ccc(Cl)cc2C(F)(F)F)c2cc(O)ccc2c1. The zero-order valence-electron chi connectivity index (χ0n) is 19.8. The summed E-state index contributed by atoms with van der Waals surface area (Å²) in [6.45, 7) is 0. The number of anilines is 2. The van der Waals surface area contributed by atoms with Crippen LogP contribution in [0.3, 0.4) is 0 Å². The molecule has 0 saturated carbocycles. The first kappa shape index (κ1) is 30.6. The number of phenolic OH excluding ortho intramolecular Hbond substituents is 1. The molecule has 0 aromatic heterocycles. The van der Waals surface area contributed by atoms with Crippen molar-refractivity contribution in [3.8, 4) is 5.75 Å². The van der Waals surface area contributed by atoms with Crippen LogP contribution < -0.4 is 9.44 Å². The Hall–Kier alpha value is -3.40. The van der Waals surface area contributed by atoms with Crippen molar-refractivity contribution in [2.24, 2.45) is 0 Å². The largest absolute Gasteiger partial charge is 0.508 e. The van der Waals surface area contributed by atoms with Gasteiger partial charge in [0.2, 0.25) is 0 Å². The minimum absolute atomic E-state index is 0.134. The van der Waals surface area contributed by atoms with Crippen molar-refractivity contribution in [2.45, 2.75) is 22.1 Å². The fourth-order valence-corrected chi connectivity index (χ4v) is 6.63. The van der Waals surface area contributed by atoms with Crippen LogP contribution in [0, 0.1) is 0 Å². The molecule has 7 nitrogen and oxygen atoms in total. The molecule has 4 aromatic carbocycles. The van der Waals surface area contributed by atoms with E-state index >= 15 is 0 Å². The summed E-state index contributed by atoms with van der Waals surface area (Å²) < 4.78 is 138. The van der Waals surface area contributed by atoms with E-state index in [4.69, 9.17) is 23.2 Å². The summed E-state index contributed by atoms with van der Waals surface area (Å²) in [5, 5.41) is 8.79. The van der Waals surface area contributed by atoms with Crippen LogP contribution in [0.25, 0.3) is 10.8 Å². The van der Waals surface area contributed by atoms with Crippen molar-refractivity contribution in [2.75, 3.05) is 9.44 Å². The van der Waals surface area contributed by atoms with Gasteiger partial charge >= 0.3 is 12.4 Å². The monoisotopic (exact) mass is 658 g/mol. The minimum Gasteiger partial charge on any atom is -0.508 e. The van der Waals surface area contributed by atoms with Crippen LogP contribution in [0.5, 0.6) is 5.75 Å². The molecule has 0 aliphatic rings. The van der Waals surface area contributed by atoms with Gasteiger partial charge in [0.1, 0.15) is 5.75 Å². The van der Waals surface area contributed by atoms with E-state index in [-0.39, 0.29) is 20.8 Å². The van der Waals surface area contributed by atoms with Gasteiger partial charge in [0.05, 0.1) is 32.3 Å². The fourth-order valence-electron chi connectivity index (χ4n) is 3.75. The number of rotatable bonds is 6. The van der Waals surface area contributed by atoms with Crippen LogP contribution in [-0.2, 0) is 32.4 Å². The third-order valence-electron chi connectivity index (χ3n) is 5.54. The fraction of sp³-hybridized carbons (Fsp3) is 0.0833. The smallest absolute Gasteiger partial charge is 0.418 e. The molecule has 4 rings (SSSR count). The Morgan fingerprint density at radius 3 is 1.61 bits per heavy atom. The van der Waals surface area contributed by atoms with Gasteiger partial charge in [-0.05, 0) is 66.0 Å². The average Bonchev–Trinajstić information content (AvgIpc) is 2.84. The van der Waals surface area contributed by atoms with E-state index in [9.17, 15) is 48.3 Å². The number of benzene rings is 4. The molecule has 0 aliphatic heterocycles. The van der Waals surface area contributed by atoms with Crippen molar-refractivity contribution < 1.29 is 48.3 Å². The number of aromatic hydroxyl groups is 1. The van der Waals surface area contributed by atoms with E-state index in [0.717, 1.165) is 48.5 Å². The second-order valence-corrected chi connectivity index (χ2v) is 12.6. The van der Waals surface area contributed by atoms with E-state index in [0.29, 0.717) is 18.2 Å². The van der Waals surface area contributed by atoms with Crippen LogP contribution in [0.1, 0.15) is 11.1 Å². The van der Waals surface area contributed by atoms with Crippen LogP contribution in [-0.4, -0.2) is 21.9 Å². The van der Waals surface area contributed by atoms with Gasteiger partial charge in [-0.2, -0.15) is 26.3 Å². The van der Waals surface area contributed by atoms with E-state index < -0.39 is 70.4 Å². The maximum Gasteiger partial charge on any atom is 0.418 e. The lowest BCUT2D eigenvalue weighted by atomic mass is 10.1. The van der Waals surface area contributed by atoms with E-state index in [1.807, 2.05) is 0 Å². The zero-order chi connectivity index (χ0) is 30.5. The lowest BCUT2D eigenvalue weighted by molar-refractivity contribution is -0.137. The van der Waals surface area contributed by atoms with Crippen LogP contribution in [0.4, 0.5) is 37.7 Å². The molecule has 0 fully saturated rings. The summed E-state index contributed by atoms with van der Waals surface area (Å²) in [6.07, 6.45) is -10.1. The standard InChI is InChI=1S/C24H14Cl2F6N2O5S2/c25-13-2-5-20(18(8-13)23(27,28)29)33-40(36,37)16-7-12-1-4-15(35)10-17(12)22(11-16)41(38,39)34-21-6-3-14(26)9-19(21)24(30,31)32/h1-11,33-35H. The van der Waals surface area contributed by atoms with E-state index in [1.54, 1.807) is 9.44 Å². The van der Waals surface area contributed by atoms with E-state index in [1.165, 1.54) is 0 Å². The van der Waals surface area contributed by atoms with Crippen molar-refractivity contribution in [1.82, 2.24) is 0 Å². The Labute approximate surface area is 238 Å². The van der Waals surface area contributed by atoms with Crippen molar-refractivity contribution >= 4 is 65.4 Å². The first-order valence-electron chi connectivity index (χ1n) is 10.8. The molecule has 0 heterocycles. The molecular formula is C24H14Cl2F6N2O5S2. The number of halogens is 8. The molecular weight excluding hydrogens is 645 g/mol. The molecule has 4 aromatic rings. The normalized spacial score (nSPS) is 12.9. The zero-order valence-corrected chi connectivity index (χ0v) is 22.9. The second-order valence-electron chi connectivity index (χ2n) is 8.41. The lowest BCUT2D eigenvalue weighted by Crippen LogP contribution is -2.20. The van der Waals surface area contributed by atoms with Gasteiger partial charge in [-0.1, -0.05) is 29.3 Å². The van der Waals surface area contributed by atoms with Crippen molar-refractivity contribution in [3.63, 3.8) is 0 Å². The predicted molar refractivity (Wildman–Crippen MR) is 140 cm³/mol. The third-order valence-corrected chi connectivity index (χ3v) is 8.76. The Balaban J connectivity index is 1.89. The molecule has 0 atom stereocenters. The van der Waals surface area contributed by atoms with Crippen LogP contribution >= 0.6 is 23.2 Å². The highest BCUT2D eigenvalue weighted by atomic mass is 35.5. The first-order valence-corrected chi connectivity index (χ1v) is 14.6. The number of fused-ring (bicyclic) bond motifs is 1. The Kier molecular flexibility index (Phi) is 7.79. The molecule has 0 radical (unpaired) electrons. The highest BCUT2D eigenvalue weighted by Gasteiger charge is 2.37. The molecule has 17 heteroatoms.